The molecule has 1 aromatic rings. The number of aromatic nitrogens is 2. The standard InChI is InChI=1S/C8H9N3O3/c1-4(12)6-7(13)11-5-2-9-3-10-8(5)14-6/h2-4,6,12H,1H3,(H,11,13). The molecule has 0 spiro atoms. The van der Waals surface area contributed by atoms with Crippen LogP contribution in [0.5, 0.6) is 5.88 Å². The topological polar surface area (TPSA) is 84.3 Å². The number of ether oxygens (including phenoxy) is 1. The van der Waals surface area contributed by atoms with Crippen LogP contribution in [0.1, 0.15) is 6.92 Å². The highest BCUT2D eigenvalue weighted by Crippen LogP contribution is 2.25. The second-order valence-corrected chi connectivity index (χ2v) is 3.01. The van der Waals surface area contributed by atoms with E-state index in [1.54, 1.807) is 0 Å². The van der Waals surface area contributed by atoms with Crippen molar-refractivity contribution in [2.75, 3.05) is 5.32 Å². The van der Waals surface area contributed by atoms with Gasteiger partial charge in [0.25, 0.3) is 5.91 Å². The molecule has 6 nitrogen and oxygen atoms in total. The normalized spacial score (nSPS) is 21.9. The van der Waals surface area contributed by atoms with Crippen molar-refractivity contribution in [1.82, 2.24) is 9.97 Å². The number of nitrogens with zero attached hydrogens (tertiary/aromatic N) is 2. The minimum atomic E-state index is -0.905. The third-order valence-corrected chi connectivity index (χ3v) is 1.87. The van der Waals surface area contributed by atoms with Crippen molar-refractivity contribution >= 4 is 11.6 Å². The summed E-state index contributed by atoms with van der Waals surface area (Å²) < 4.78 is 5.19. The SMILES string of the molecule is CC(O)C1Oc2ncncc2NC1=O. The quantitative estimate of drug-likeness (QED) is 0.634. The molecule has 2 heterocycles. The Morgan fingerprint density at radius 3 is 3.21 bits per heavy atom. The minimum Gasteiger partial charge on any atom is -0.460 e. The zero-order valence-electron chi connectivity index (χ0n) is 7.47. The van der Waals surface area contributed by atoms with Gasteiger partial charge in [0.1, 0.15) is 12.0 Å². The average molecular weight is 195 g/mol. The highest BCUT2D eigenvalue weighted by molar-refractivity contribution is 5.97. The van der Waals surface area contributed by atoms with E-state index in [2.05, 4.69) is 15.3 Å². The van der Waals surface area contributed by atoms with Crippen LogP contribution in [0, 0.1) is 0 Å². The highest BCUT2D eigenvalue weighted by Gasteiger charge is 2.32. The molecule has 1 aliphatic heterocycles. The number of nitrogens with one attached hydrogen (secondary N) is 1. The van der Waals surface area contributed by atoms with Crippen molar-refractivity contribution in [3.8, 4) is 5.88 Å². The molecule has 0 radical (unpaired) electrons. The molecular weight excluding hydrogens is 186 g/mol. The fourth-order valence-electron chi connectivity index (χ4n) is 1.19. The molecule has 0 aromatic carbocycles. The molecule has 0 saturated carbocycles. The number of aliphatic hydroxyl groups is 1. The van der Waals surface area contributed by atoms with Crippen LogP contribution in [0.4, 0.5) is 5.69 Å². The molecule has 1 amide bonds. The molecule has 2 rings (SSSR count). The lowest BCUT2D eigenvalue weighted by molar-refractivity contribution is -0.128. The Kier molecular flexibility index (Phi) is 2.05. The van der Waals surface area contributed by atoms with Gasteiger partial charge in [-0.05, 0) is 6.92 Å². The lowest BCUT2D eigenvalue weighted by Crippen LogP contribution is -2.44. The maximum Gasteiger partial charge on any atom is 0.268 e. The van der Waals surface area contributed by atoms with Gasteiger partial charge in [-0.2, -0.15) is 4.98 Å². The Balaban J connectivity index is 2.31. The summed E-state index contributed by atoms with van der Waals surface area (Å²) in [5.41, 5.74) is 0.425. The van der Waals surface area contributed by atoms with Gasteiger partial charge in [-0.3, -0.25) is 4.79 Å². The number of hydrogen-bond acceptors (Lipinski definition) is 5. The zero-order valence-corrected chi connectivity index (χ0v) is 7.47. The first-order valence-corrected chi connectivity index (χ1v) is 4.14. The van der Waals surface area contributed by atoms with E-state index in [0.717, 1.165) is 0 Å². The van der Waals surface area contributed by atoms with Crippen LogP contribution in [0.2, 0.25) is 0 Å². The maximum absolute atomic E-state index is 11.3. The third kappa shape index (κ3) is 1.39. The van der Waals surface area contributed by atoms with E-state index in [1.165, 1.54) is 19.4 Å². The minimum absolute atomic E-state index is 0.283. The number of hydrogen-bond donors (Lipinski definition) is 2. The number of carbonyl (C=O) groups excluding carboxylic acids is 1. The Bertz CT molecular complexity index is 367. The summed E-state index contributed by atoms with van der Waals surface area (Å²) in [4.78, 5) is 18.9. The molecule has 0 bridgehead atoms. The van der Waals surface area contributed by atoms with Crippen LogP contribution in [0.3, 0.4) is 0 Å². The molecule has 6 heteroatoms. The summed E-state index contributed by atoms with van der Waals surface area (Å²) in [5, 5.41) is 11.8. The summed E-state index contributed by atoms with van der Waals surface area (Å²) in [6.45, 7) is 1.48. The van der Waals surface area contributed by atoms with Crippen molar-refractivity contribution in [1.29, 1.82) is 0 Å². The lowest BCUT2D eigenvalue weighted by atomic mass is 10.2. The first kappa shape index (κ1) is 8.89. The van der Waals surface area contributed by atoms with Gasteiger partial charge >= 0.3 is 0 Å². The van der Waals surface area contributed by atoms with Crippen molar-refractivity contribution in [2.24, 2.45) is 0 Å². The van der Waals surface area contributed by atoms with Crippen molar-refractivity contribution in [3.05, 3.63) is 12.5 Å². The van der Waals surface area contributed by atoms with Crippen molar-refractivity contribution in [3.63, 3.8) is 0 Å². The van der Waals surface area contributed by atoms with Crippen molar-refractivity contribution in [2.45, 2.75) is 19.1 Å². The van der Waals surface area contributed by atoms with E-state index in [1.807, 2.05) is 0 Å². The average Bonchev–Trinajstić information content (AvgIpc) is 2.16. The molecule has 0 aliphatic carbocycles. The summed E-state index contributed by atoms with van der Waals surface area (Å²) >= 11 is 0. The summed E-state index contributed by atoms with van der Waals surface area (Å²) in [5.74, 6) is -0.104. The van der Waals surface area contributed by atoms with Crippen molar-refractivity contribution < 1.29 is 14.6 Å². The van der Waals surface area contributed by atoms with E-state index in [-0.39, 0.29) is 11.8 Å². The molecule has 1 aliphatic rings. The molecular formula is C8H9N3O3. The van der Waals surface area contributed by atoms with Crippen LogP contribution >= 0.6 is 0 Å². The first-order chi connectivity index (χ1) is 6.68. The van der Waals surface area contributed by atoms with E-state index >= 15 is 0 Å². The van der Waals surface area contributed by atoms with Gasteiger partial charge < -0.3 is 15.2 Å². The Morgan fingerprint density at radius 2 is 2.50 bits per heavy atom. The number of aliphatic hydroxyl groups excluding tert-OH is 1. The van der Waals surface area contributed by atoms with E-state index in [9.17, 15) is 9.90 Å². The van der Waals surface area contributed by atoms with Gasteiger partial charge in [0.05, 0.1) is 12.3 Å². The maximum atomic E-state index is 11.3. The van der Waals surface area contributed by atoms with Gasteiger partial charge in [0.2, 0.25) is 12.0 Å². The Hall–Kier alpha value is -1.69. The summed E-state index contributed by atoms with van der Waals surface area (Å²) in [7, 11) is 0. The Morgan fingerprint density at radius 1 is 1.71 bits per heavy atom. The van der Waals surface area contributed by atoms with Gasteiger partial charge in [-0.25, -0.2) is 4.98 Å². The third-order valence-electron chi connectivity index (χ3n) is 1.87. The van der Waals surface area contributed by atoms with E-state index in [4.69, 9.17) is 4.74 Å². The number of rotatable bonds is 1. The molecule has 2 unspecified atom stereocenters. The zero-order chi connectivity index (χ0) is 10.1. The van der Waals surface area contributed by atoms with E-state index in [0.29, 0.717) is 5.69 Å². The largest absolute Gasteiger partial charge is 0.460 e. The molecule has 14 heavy (non-hydrogen) atoms. The van der Waals surface area contributed by atoms with Gasteiger partial charge in [-0.1, -0.05) is 0 Å². The number of amides is 1. The molecule has 0 saturated heterocycles. The van der Waals surface area contributed by atoms with Crippen LogP contribution in [-0.4, -0.2) is 33.2 Å². The van der Waals surface area contributed by atoms with Crippen LogP contribution in [0.15, 0.2) is 12.5 Å². The summed E-state index contributed by atoms with van der Waals surface area (Å²) in [6.07, 6.45) is 0.976. The smallest absolute Gasteiger partial charge is 0.268 e. The molecule has 74 valence electrons. The first-order valence-electron chi connectivity index (χ1n) is 4.14. The second-order valence-electron chi connectivity index (χ2n) is 3.01. The second kappa shape index (κ2) is 3.22. The monoisotopic (exact) mass is 195 g/mol. The predicted octanol–water partition coefficient (Wildman–Crippen LogP) is -0.443. The molecule has 2 N–H and O–H groups in total. The fourth-order valence-corrected chi connectivity index (χ4v) is 1.19. The Labute approximate surface area is 79.9 Å². The molecule has 0 fully saturated rings. The number of fused-ring (bicyclic) bond motifs is 1. The molecule has 1 aromatic heterocycles. The molecule has 2 atom stereocenters. The van der Waals surface area contributed by atoms with Gasteiger partial charge in [0, 0.05) is 0 Å². The highest BCUT2D eigenvalue weighted by atomic mass is 16.5. The fraction of sp³-hybridized carbons (Fsp3) is 0.375. The number of carbonyl (C=O) groups is 1. The van der Waals surface area contributed by atoms with E-state index < -0.39 is 12.2 Å². The van der Waals surface area contributed by atoms with Crippen LogP contribution in [-0.2, 0) is 4.79 Å². The van der Waals surface area contributed by atoms with Crippen LogP contribution < -0.4 is 10.1 Å². The number of anilines is 1. The van der Waals surface area contributed by atoms with Crippen LogP contribution in [0.25, 0.3) is 0 Å². The van der Waals surface area contributed by atoms with Gasteiger partial charge in [-0.15, -0.1) is 0 Å². The van der Waals surface area contributed by atoms with Gasteiger partial charge in [0.15, 0.2) is 0 Å². The summed E-state index contributed by atoms with van der Waals surface area (Å²) in [6, 6.07) is 0. The lowest BCUT2D eigenvalue weighted by Gasteiger charge is -2.25. The predicted molar refractivity (Wildman–Crippen MR) is 46.8 cm³/mol.